The minimum atomic E-state index is -0.153. The van der Waals surface area contributed by atoms with Crippen LogP contribution in [0.5, 0.6) is 0 Å². The van der Waals surface area contributed by atoms with Crippen molar-refractivity contribution in [2.24, 2.45) is 5.73 Å². The standard InChI is InChI=1S/C13H18N2O/c1-10-4-2-5-11(8-10)12(16)15-9-13(14)6-3-7-13/h2,4-5,8H,3,6-7,9,14H2,1H3,(H,15,16). The van der Waals surface area contributed by atoms with Gasteiger partial charge in [0.25, 0.3) is 5.91 Å². The number of nitrogens with one attached hydrogen (secondary N) is 1. The normalized spacial score (nSPS) is 17.6. The average Bonchev–Trinajstić information content (AvgIpc) is 2.23. The Kier molecular flexibility index (Phi) is 2.97. The van der Waals surface area contributed by atoms with Gasteiger partial charge >= 0.3 is 0 Å². The maximum Gasteiger partial charge on any atom is 0.251 e. The van der Waals surface area contributed by atoms with Crippen molar-refractivity contribution >= 4 is 5.91 Å². The molecule has 3 heteroatoms. The number of amides is 1. The molecule has 3 N–H and O–H groups in total. The van der Waals surface area contributed by atoms with E-state index < -0.39 is 0 Å². The number of rotatable bonds is 3. The van der Waals surface area contributed by atoms with Crippen LogP contribution in [0.3, 0.4) is 0 Å². The van der Waals surface area contributed by atoms with E-state index in [1.54, 1.807) is 0 Å². The fourth-order valence-corrected chi connectivity index (χ4v) is 1.95. The molecule has 1 aliphatic rings. The van der Waals surface area contributed by atoms with E-state index in [0.717, 1.165) is 18.4 Å². The lowest BCUT2D eigenvalue weighted by Gasteiger charge is -2.38. The molecule has 0 unspecified atom stereocenters. The molecule has 1 saturated carbocycles. The van der Waals surface area contributed by atoms with Gasteiger partial charge in [0.05, 0.1) is 0 Å². The van der Waals surface area contributed by atoms with Gasteiger partial charge in [-0.2, -0.15) is 0 Å². The van der Waals surface area contributed by atoms with Crippen LogP contribution in [0.4, 0.5) is 0 Å². The van der Waals surface area contributed by atoms with Crippen molar-refractivity contribution in [3.8, 4) is 0 Å². The van der Waals surface area contributed by atoms with Gasteiger partial charge in [-0.25, -0.2) is 0 Å². The molecule has 1 aromatic carbocycles. The highest BCUT2D eigenvalue weighted by Gasteiger charge is 2.32. The van der Waals surface area contributed by atoms with Crippen LogP contribution >= 0.6 is 0 Å². The van der Waals surface area contributed by atoms with E-state index >= 15 is 0 Å². The minimum absolute atomic E-state index is 0.0274. The topological polar surface area (TPSA) is 55.1 Å². The van der Waals surface area contributed by atoms with Gasteiger partial charge < -0.3 is 11.1 Å². The zero-order valence-electron chi connectivity index (χ0n) is 9.62. The summed E-state index contributed by atoms with van der Waals surface area (Å²) in [6.07, 6.45) is 3.21. The Morgan fingerprint density at radius 1 is 1.50 bits per heavy atom. The largest absolute Gasteiger partial charge is 0.350 e. The quantitative estimate of drug-likeness (QED) is 0.809. The minimum Gasteiger partial charge on any atom is -0.350 e. The predicted molar refractivity (Wildman–Crippen MR) is 64.3 cm³/mol. The molecule has 1 fully saturated rings. The summed E-state index contributed by atoms with van der Waals surface area (Å²) in [5, 5.41) is 2.90. The highest BCUT2D eigenvalue weighted by atomic mass is 16.1. The third kappa shape index (κ3) is 2.42. The summed E-state index contributed by atoms with van der Waals surface area (Å²) in [5.41, 5.74) is 7.70. The lowest BCUT2D eigenvalue weighted by molar-refractivity contribution is 0.0929. The molecule has 0 heterocycles. The van der Waals surface area contributed by atoms with E-state index in [2.05, 4.69) is 5.32 Å². The number of carbonyl (C=O) groups is 1. The van der Waals surface area contributed by atoms with Crippen LogP contribution in [0.2, 0.25) is 0 Å². The summed E-state index contributed by atoms with van der Waals surface area (Å²) in [4.78, 5) is 11.8. The van der Waals surface area contributed by atoms with Crippen LogP contribution in [-0.4, -0.2) is 18.0 Å². The summed E-state index contributed by atoms with van der Waals surface area (Å²) < 4.78 is 0. The number of hydrogen-bond donors (Lipinski definition) is 2. The lowest BCUT2D eigenvalue weighted by atomic mass is 9.78. The monoisotopic (exact) mass is 218 g/mol. The molecule has 3 nitrogen and oxygen atoms in total. The summed E-state index contributed by atoms with van der Waals surface area (Å²) in [6, 6.07) is 7.59. The number of nitrogens with two attached hydrogens (primary N) is 1. The fraction of sp³-hybridized carbons (Fsp3) is 0.462. The van der Waals surface area contributed by atoms with Crippen LogP contribution in [0.1, 0.15) is 35.2 Å². The van der Waals surface area contributed by atoms with Crippen molar-refractivity contribution < 1.29 is 4.79 Å². The molecule has 1 aliphatic carbocycles. The Morgan fingerprint density at radius 2 is 2.25 bits per heavy atom. The van der Waals surface area contributed by atoms with Crippen molar-refractivity contribution in [2.75, 3.05) is 6.54 Å². The lowest BCUT2D eigenvalue weighted by Crippen LogP contribution is -2.54. The van der Waals surface area contributed by atoms with Crippen LogP contribution in [0.25, 0.3) is 0 Å². The number of aryl methyl sites for hydroxylation is 1. The zero-order valence-corrected chi connectivity index (χ0v) is 9.62. The molecule has 0 aromatic heterocycles. The third-order valence-electron chi connectivity index (χ3n) is 3.23. The van der Waals surface area contributed by atoms with Gasteiger partial charge in [-0.1, -0.05) is 17.7 Å². The molecule has 86 valence electrons. The summed E-state index contributed by atoms with van der Waals surface area (Å²) >= 11 is 0. The number of benzene rings is 1. The van der Waals surface area contributed by atoms with E-state index in [4.69, 9.17) is 5.73 Å². The van der Waals surface area contributed by atoms with Crippen molar-refractivity contribution in [3.05, 3.63) is 35.4 Å². The van der Waals surface area contributed by atoms with Crippen molar-refractivity contribution in [1.82, 2.24) is 5.32 Å². The second-order valence-electron chi connectivity index (χ2n) is 4.77. The van der Waals surface area contributed by atoms with Gasteiger partial charge in [0, 0.05) is 17.6 Å². The van der Waals surface area contributed by atoms with Crippen molar-refractivity contribution in [2.45, 2.75) is 31.7 Å². The highest BCUT2D eigenvalue weighted by molar-refractivity contribution is 5.94. The van der Waals surface area contributed by atoms with Gasteiger partial charge in [-0.15, -0.1) is 0 Å². The van der Waals surface area contributed by atoms with Crippen molar-refractivity contribution in [1.29, 1.82) is 0 Å². The first-order valence-electron chi connectivity index (χ1n) is 5.73. The Balaban J connectivity index is 1.93. The molecule has 2 rings (SSSR count). The van der Waals surface area contributed by atoms with E-state index in [-0.39, 0.29) is 11.4 Å². The Morgan fingerprint density at radius 3 is 2.81 bits per heavy atom. The van der Waals surface area contributed by atoms with Gasteiger partial charge in [0.15, 0.2) is 0 Å². The smallest absolute Gasteiger partial charge is 0.251 e. The Labute approximate surface area is 96.0 Å². The molecule has 0 spiro atoms. The van der Waals surface area contributed by atoms with Crippen LogP contribution < -0.4 is 11.1 Å². The summed E-state index contributed by atoms with van der Waals surface area (Å²) in [6.45, 7) is 2.56. The first kappa shape index (κ1) is 11.1. The second kappa shape index (κ2) is 4.26. The van der Waals surface area contributed by atoms with E-state index in [0.29, 0.717) is 12.1 Å². The van der Waals surface area contributed by atoms with Crippen LogP contribution in [0, 0.1) is 6.92 Å². The molecule has 1 amide bonds. The molecule has 0 saturated heterocycles. The molecule has 0 bridgehead atoms. The maximum atomic E-state index is 11.8. The molecule has 0 aliphatic heterocycles. The fourth-order valence-electron chi connectivity index (χ4n) is 1.95. The third-order valence-corrected chi connectivity index (χ3v) is 3.23. The molecular formula is C13H18N2O. The van der Waals surface area contributed by atoms with Crippen LogP contribution in [-0.2, 0) is 0 Å². The van der Waals surface area contributed by atoms with E-state index in [9.17, 15) is 4.79 Å². The molecule has 0 atom stereocenters. The summed E-state index contributed by atoms with van der Waals surface area (Å²) in [7, 11) is 0. The van der Waals surface area contributed by atoms with E-state index in [1.165, 1.54) is 6.42 Å². The van der Waals surface area contributed by atoms with Gasteiger partial charge in [-0.3, -0.25) is 4.79 Å². The number of hydrogen-bond acceptors (Lipinski definition) is 2. The van der Waals surface area contributed by atoms with E-state index in [1.807, 2.05) is 31.2 Å². The highest BCUT2D eigenvalue weighted by Crippen LogP contribution is 2.28. The van der Waals surface area contributed by atoms with Gasteiger partial charge in [0.1, 0.15) is 0 Å². The molecule has 0 radical (unpaired) electrons. The number of carbonyl (C=O) groups excluding carboxylic acids is 1. The zero-order chi connectivity index (χ0) is 11.6. The summed E-state index contributed by atoms with van der Waals surface area (Å²) in [5.74, 6) is -0.0274. The maximum absolute atomic E-state index is 11.8. The SMILES string of the molecule is Cc1cccc(C(=O)NCC2(N)CCC2)c1. The molecule has 1 aromatic rings. The first-order chi connectivity index (χ1) is 7.59. The van der Waals surface area contributed by atoms with Gasteiger partial charge in [0.2, 0.25) is 0 Å². The molecular weight excluding hydrogens is 200 g/mol. The van der Waals surface area contributed by atoms with Crippen molar-refractivity contribution in [3.63, 3.8) is 0 Å². The Bertz CT molecular complexity index is 397. The van der Waals surface area contributed by atoms with Crippen LogP contribution in [0.15, 0.2) is 24.3 Å². The average molecular weight is 218 g/mol. The predicted octanol–water partition coefficient (Wildman–Crippen LogP) is 1.61. The Hall–Kier alpha value is -1.35. The second-order valence-corrected chi connectivity index (χ2v) is 4.77. The van der Waals surface area contributed by atoms with Gasteiger partial charge in [-0.05, 0) is 38.3 Å². The molecule has 16 heavy (non-hydrogen) atoms. The first-order valence-corrected chi connectivity index (χ1v) is 5.73.